The molecular formula is C26H28N4O3+2. The molecule has 0 spiro atoms. The standard InChI is InChI=1S/C26H26N4O3/c31-25(19-29-13-9-21-5-1-3-7-23(21)17-29)27-11-15-33-16-12-28-26(32)20-30-14-10-22-6-2-4-8-24(22)18-30/h1-10,13-14,17-18H,11-12,15-16,19-20H2/p+2. The number of rotatable bonds is 10. The van der Waals surface area contributed by atoms with Gasteiger partial charge in [0.1, 0.15) is 0 Å². The molecule has 2 aromatic carbocycles. The van der Waals surface area contributed by atoms with Gasteiger partial charge in [-0.15, -0.1) is 0 Å². The Labute approximate surface area is 192 Å². The van der Waals surface area contributed by atoms with Gasteiger partial charge in [0.15, 0.2) is 24.8 Å². The first kappa shape index (κ1) is 22.4. The number of ether oxygens (including phenoxy) is 1. The largest absolute Gasteiger partial charge is 0.378 e. The molecule has 0 bridgehead atoms. The van der Waals surface area contributed by atoms with Crippen molar-refractivity contribution in [2.24, 2.45) is 0 Å². The molecule has 2 aromatic heterocycles. The van der Waals surface area contributed by atoms with Gasteiger partial charge in [0.05, 0.1) is 13.2 Å². The normalized spacial score (nSPS) is 10.9. The van der Waals surface area contributed by atoms with E-state index in [4.69, 9.17) is 4.74 Å². The predicted molar refractivity (Wildman–Crippen MR) is 125 cm³/mol. The Balaban J connectivity index is 1.08. The van der Waals surface area contributed by atoms with Crippen molar-refractivity contribution in [3.8, 4) is 0 Å². The van der Waals surface area contributed by atoms with Crippen molar-refractivity contribution in [2.45, 2.75) is 13.1 Å². The lowest BCUT2D eigenvalue weighted by molar-refractivity contribution is -0.683. The maximum absolute atomic E-state index is 12.1. The number of fused-ring (bicyclic) bond motifs is 2. The summed E-state index contributed by atoms with van der Waals surface area (Å²) >= 11 is 0. The molecule has 0 atom stereocenters. The van der Waals surface area contributed by atoms with Crippen molar-refractivity contribution in [3.05, 3.63) is 85.5 Å². The van der Waals surface area contributed by atoms with E-state index in [-0.39, 0.29) is 24.9 Å². The molecule has 0 fully saturated rings. The van der Waals surface area contributed by atoms with E-state index in [2.05, 4.69) is 10.6 Å². The van der Waals surface area contributed by atoms with Gasteiger partial charge in [0.25, 0.3) is 11.8 Å². The van der Waals surface area contributed by atoms with Crippen LogP contribution in [0.4, 0.5) is 0 Å². The van der Waals surface area contributed by atoms with Crippen LogP contribution < -0.4 is 19.8 Å². The summed E-state index contributed by atoms with van der Waals surface area (Å²) in [4.78, 5) is 24.3. The third-order valence-electron chi connectivity index (χ3n) is 5.28. The van der Waals surface area contributed by atoms with Gasteiger partial charge in [-0.2, -0.15) is 9.13 Å². The Morgan fingerprint density at radius 2 is 1.06 bits per heavy atom. The van der Waals surface area contributed by atoms with Crippen molar-refractivity contribution < 1.29 is 23.5 Å². The second-order valence-electron chi connectivity index (χ2n) is 7.80. The fourth-order valence-corrected chi connectivity index (χ4v) is 3.62. The Morgan fingerprint density at radius 3 is 1.52 bits per heavy atom. The molecule has 2 heterocycles. The van der Waals surface area contributed by atoms with Crippen LogP contribution in [-0.4, -0.2) is 38.1 Å². The predicted octanol–water partition coefficient (Wildman–Crippen LogP) is 1.52. The number of aromatic nitrogens is 2. The summed E-state index contributed by atoms with van der Waals surface area (Å²) in [6.45, 7) is 2.15. The molecule has 2 N–H and O–H groups in total. The number of benzene rings is 2. The molecule has 168 valence electrons. The maximum atomic E-state index is 12.1. The van der Waals surface area contributed by atoms with Crippen molar-refractivity contribution in [1.82, 2.24) is 10.6 Å². The van der Waals surface area contributed by atoms with Crippen LogP contribution in [0.5, 0.6) is 0 Å². The maximum Gasteiger partial charge on any atom is 0.286 e. The summed E-state index contributed by atoms with van der Waals surface area (Å²) in [5.74, 6) is -0.140. The van der Waals surface area contributed by atoms with Crippen molar-refractivity contribution in [3.63, 3.8) is 0 Å². The number of nitrogens with zero attached hydrogens (tertiary/aromatic N) is 2. The Hall–Kier alpha value is -3.84. The minimum absolute atomic E-state index is 0.0698. The topological polar surface area (TPSA) is 75.2 Å². The Bertz CT molecular complexity index is 1160. The molecule has 0 radical (unpaired) electrons. The zero-order valence-corrected chi connectivity index (χ0v) is 18.4. The highest BCUT2D eigenvalue weighted by atomic mass is 16.5. The molecule has 0 saturated heterocycles. The van der Waals surface area contributed by atoms with E-state index in [0.29, 0.717) is 26.3 Å². The fraction of sp³-hybridized carbons (Fsp3) is 0.231. The molecule has 7 heteroatoms. The summed E-state index contributed by atoms with van der Waals surface area (Å²) in [7, 11) is 0. The van der Waals surface area contributed by atoms with E-state index in [0.717, 1.165) is 21.5 Å². The number of pyridine rings is 2. The molecule has 33 heavy (non-hydrogen) atoms. The average Bonchev–Trinajstić information content (AvgIpc) is 2.83. The smallest absolute Gasteiger partial charge is 0.286 e. The van der Waals surface area contributed by atoms with E-state index >= 15 is 0 Å². The first-order chi connectivity index (χ1) is 16.2. The lowest BCUT2D eigenvalue weighted by atomic mass is 10.2. The second kappa shape index (κ2) is 11.2. The van der Waals surface area contributed by atoms with Crippen molar-refractivity contribution >= 4 is 33.4 Å². The number of hydrogen-bond acceptors (Lipinski definition) is 3. The molecule has 0 saturated carbocycles. The molecule has 4 aromatic rings. The van der Waals surface area contributed by atoms with Gasteiger partial charge in [0, 0.05) is 36.0 Å². The number of carbonyl (C=O) groups excluding carboxylic acids is 2. The molecule has 4 rings (SSSR count). The first-order valence-corrected chi connectivity index (χ1v) is 11.0. The van der Waals surface area contributed by atoms with E-state index in [1.54, 1.807) is 0 Å². The van der Waals surface area contributed by atoms with Gasteiger partial charge in [0.2, 0.25) is 13.1 Å². The monoisotopic (exact) mass is 444 g/mol. The minimum Gasteiger partial charge on any atom is -0.378 e. The van der Waals surface area contributed by atoms with Crippen LogP contribution >= 0.6 is 0 Å². The number of amides is 2. The molecule has 0 unspecified atom stereocenters. The molecular weight excluding hydrogens is 416 g/mol. The van der Waals surface area contributed by atoms with Crippen molar-refractivity contribution in [1.29, 1.82) is 0 Å². The average molecular weight is 445 g/mol. The molecule has 0 aliphatic rings. The highest BCUT2D eigenvalue weighted by Crippen LogP contribution is 2.10. The number of hydrogen-bond donors (Lipinski definition) is 2. The lowest BCUT2D eigenvalue weighted by Crippen LogP contribution is -2.43. The Morgan fingerprint density at radius 1 is 0.636 bits per heavy atom. The number of carbonyl (C=O) groups is 2. The molecule has 0 aliphatic carbocycles. The van der Waals surface area contributed by atoms with Gasteiger partial charge in [-0.1, -0.05) is 36.4 Å². The SMILES string of the molecule is O=C(C[n+]1ccc2ccccc2c1)NCCOCCNC(=O)C[n+]1ccc2ccccc2c1. The number of nitrogens with one attached hydrogen (secondary N) is 2. The zero-order valence-electron chi connectivity index (χ0n) is 18.4. The molecule has 2 amide bonds. The van der Waals surface area contributed by atoms with Crippen LogP contribution in [0.1, 0.15) is 0 Å². The minimum atomic E-state index is -0.0698. The molecule has 7 nitrogen and oxygen atoms in total. The second-order valence-corrected chi connectivity index (χ2v) is 7.80. The van der Waals surface area contributed by atoms with Crippen LogP contribution in [0, 0.1) is 0 Å². The highest BCUT2D eigenvalue weighted by molar-refractivity contribution is 5.81. The summed E-state index contributed by atoms with van der Waals surface area (Å²) in [5, 5.41) is 10.2. The van der Waals surface area contributed by atoms with E-state index in [9.17, 15) is 9.59 Å². The van der Waals surface area contributed by atoms with Crippen LogP contribution in [0.2, 0.25) is 0 Å². The highest BCUT2D eigenvalue weighted by Gasteiger charge is 2.11. The zero-order chi connectivity index (χ0) is 22.9. The summed E-state index contributed by atoms with van der Waals surface area (Å²) in [5.41, 5.74) is 0. The van der Waals surface area contributed by atoms with E-state index in [1.165, 1.54) is 0 Å². The summed E-state index contributed by atoms with van der Waals surface area (Å²) in [6, 6.07) is 20.1. The van der Waals surface area contributed by atoms with E-state index in [1.807, 2.05) is 94.6 Å². The van der Waals surface area contributed by atoms with Gasteiger partial charge >= 0.3 is 0 Å². The van der Waals surface area contributed by atoms with Crippen LogP contribution in [0.3, 0.4) is 0 Å². The van der Waals surface area contributed by atoms with Gasteiger partial charge in [-0.3, -0.25) is 9.59 Å². The van der Waals surface area contributed by atoms with Crippen LogP contribution in [0.15, 0.2) is 85.5 Å². The van der Waals surface area contributed by atoms with E-state index < -0.39 is 0 Å². The van der Waals surface area contributed by atoms with Gasteiger partial charge in [-0.05, 0) is 22.9 Å². The third kappa shape index (κ3) is 6.57. The summed E-state index contributed by atoms with van der Waals surface area (Å²) < 4.78 is 9.23. The first-order valence-electron chi connectivity index (χ1n) is 11.0. The molecule has 0 aliphatic heterocycles. The van der Waals surface area contributed by atoms with Crippen LogP contribution in [0.25, 0.3) is 21.5 Å². The quantitative estimate of drug-likeness (QED) is 0.288. The fourth-order valence-electron chi connectivity index (χ4n) is 3.62. The Kier molecular flexibility index (Phi) is 7.56. The van der Waals surface area contributed by atoms with Gasteiger partial charge < -0.3 is 15.4 Å². The lowest BCUT2D eigenvalue weighted by Gasteiger charge is -2.06. The van der Waals surface area contributed by atoms with Gasteiger partial charge in [-0.25, -0.2) is 0 Å². The van der Waals surface area contributed by atoms with Crippen LogP contribution in [-0.2, 0) is 27.4 Å². The third-order valence-corrected chi connectivity index (χ3v) is 5.28. The van der Waals surface area contributed by atoms with Crippen molar-refractivity contribution in [2.75, 3.05) is 26.3 Å². The summed E-state index contributed by atoms with van der Waals surface area (Å²) in [6.07, 6.45) is 7.73.